The fourth-order valence-electron chi connectivity index (χ4n) is 2.11. The van der Waals surface area contributed by atoms with Crippen LogP contribution in [0.1, 0.15) is 12.5 Å². The van der Waals surface area contributed by atoms with Crippen LogP contribution in [0.4, 0.5) is 0 Å². The van der Waals surface area contributed by atoms with Crippen LogP contribution in [0.15, 0.2) is 18.2 Å². The molecule has 0 aliphatic carbocycles. The average molecular weight is 251 g/mol. The number of hydrogen-bond acceptors (Lipinski definition) is 4. The highest BCUT2D eigenvalue weighted by atomic mass is 16.5. The van der Waals surface area contributed by atoms with Crippen LogP contribution in [0, 0.1) is 0 Å². The van der Waals surface area contributed by atoms with E-state index in [2.05, 4.69) is 5.32 Å². The second-order valence-electron chi connectivity index (χ2n) is 4.34. The third-order valence-corrected chi connectivity index (χ3v) is 3.06. The molecule has 0 amide bonds. The molecule has 18 heavy (non-hydrogen) atoms. The Bertz CT molecular complexity index is 381. The lowest BCUT2D eigenvalue weighted by Gasteiger charge is -2.26. The minimum Gasteiger partial charge on any atom is -0.497 e. The third-order valence-electron chi connectivity index (χ3n) is 3.06. The van der Waals surface area contributed by atoms with Gasteiger partial charge in [0.05, 0.1) is 13.7 Å². The van der Waals surface area contributed by atoms with Gasteiger partial charge >= 0.3 is 0 Å². The molecule has 0 bridgehead atoms. The predicted octanol–water partition coefficient (Wildman–Crippen LogP) is 1.62. The van der Waals surface area contributed by atoms with E-state index in [0.29, 0.717) is 12.6 Å². The largest absolute Gasteiger partial charge is 0.497 e. The monoisotopic (exact) mass is 251 g/mol. The standard InChI is InChI=1S/C14H21NO3/c1-3-17-7-6-15-12-8-11-9-13(16-2)4-5-14(11)18-10-12/h4-5,9,12,15H,3,6-8,10H2,1-2H3. The van der Waals surface area contributed by atoms with Gasteiger partial charge in [0, 0.05) is 19.2 Å². The molecule has 1 heterocycles. The van der Waals surface area contributed by atoms with Crippen LogP contribution in [-0.4, -0.2) is 39.5 Å². The first kappa shape index (κ1) is 13.2. The first-order chi connectivity index (χ1) is 8.83. The van der Waals surface area contributed by atoms with Gasteiger partial charge in [-0.2, -0.15) is 0 Å². The number of fused-ring (bicyclic) bond motifs is 1. The molecule has 1 unspecified atom stereocenters. The Morgan fingerprint density at radius 2 is 2.33 bits per heavy atom. The van der Waals surface area contributed by atoms with Gasteiger partial charge in [-0.3, -0.25) is 0 Å². The zero-order valence-corrected chi connectivity index (χ0v) is 11.1. The highest BCUT2D eigenvalue weighted by Gasteiger charge is 2.19. The van der Waals surface area contributed by atoms with Crippen molar-refractivity contribution in [1.29, 1.82) is 0 Å². The SMILES string of the molecule is CCOCCNC1COc2ccc(OC)cc2C1. The lowest BCUT2D eigenvalue weighted by molar-refractivity contribution is 0.141. The molecule has 0 saturated heterocycles. The Balaban J connectivity index is 1.88. The van der Waals surface area contributed by atoms with Gasteiger partial charge in [-0.1, -0.05) is 0 Å². The molecule has 1 aromatic carbocycles. The molecule has 4 heteroatoms. The van der Waals surface area contributed by atoms with Crippen molar-refractivity contribution in [2.24, 2.45) is 0 Å². The zero-order chi connectivity index (χ0) is 12.8. The maximum Gasteiger partial charge on any atom is 0.122 e. The van der Waals surface area contributed by atoms with Gasteiger partial charge in [-0.15, -0.1) is 0 Å². The molecule has 1 N–H and O–H groups in total. The van der Waals surface area contributed by atoms with Crippen LogP contribution in [0.25, 0.3) is 0 Å². The fourth-order valence-corrected chi connectivity index (χ4v) is 2.11. The Labute approximate surface area is 108 Å². The topological polar surface area (TPSA) is 39.7 Å². The number of benzene rings is 1. The van der Waals surface area contributed by atoms with E-state index in [4.69, 9.17) is 14.2 Å². The number of rotatable bonds is 6. The van der Waals surface area contributed by atoms with E-state index < -0.39 is 0 Å². The summed E-state index contributed by atoms with van der Waals surface area (Å²) in [5.41, 5.74) is 1.20. The minimum atomic E-state index is 0.352. The molecular formula is C14H21NO3. The van der Waals surface area contributed by atoms with Crippen LogP contribution >= 0.6 is 0 Å². The van der Waals surface area contributed by atoms with E-state index in [1.54, 1.807) is 7.11 Å². The highest BCUT2D eigenvalue weighted by molar-refractivity contribution is 5.42. The molecule has 4 nitrogen and oxygen atoms in total. The summed E-state index contributed by atoms with van der Waals surface area (Å²) in [6, 6.07) is 6.31. The second kappa shape index (κ2) is 6.61. The van der Waals surface area contributed by atoms with Gasteiger partial charge in [-0.25, -0.2) is 0 Å². The highest BCUT2D eigenvalue weighted by Crippen LogP contribution is 2.28. The first-order valence-electron chi connectivity index (χ1n) is 6.44. The first-order valence-corrected chi connectivity index (χ1v) is 6.44. The molecule has 1 atom stereocenters. The fraction of sp³-hybridized carbons (Fsp3) is 0.571. The summed E-state index contributed by atoms with van der Waals surface area (Å²) in [7, 11) is 1.68. The van der Waals surface area contributed by atoms with E-state index >= 15 is 0 Å². The van der Waals surface area contributed by atoms with Crippen LogP contribution in [-0.2, 0) is 11.2 Å². The van der Waals surface area contributed by atoms with E-state index in [9.17, 15) is 0 Å². The molecule has 2 rings (SSSR count). The number of methoxy groups -OCH3 is 1. The average Bonchev–Trinajstić information content (AvgIpc) is 2.42. The Morgan fingerprint density at radius 3 is 3.11 bits per heavy atom. The summed E-state index contributed by atoms with van der Waals surface area (Å²) in [4.78, 5) is 0. The van der Waals surface area contributed by atoms with E-state index in [0.717, 1.165) is 37.7 Å². The molecule has 1 aromatic rings. The van der Waals surface area contributed by atoms with Crippen LogP contribution in [0.2, 0.25) is 0 Å². The van der Waals surface area contributed by atoms with Gasteiger partial charge < -0.3 is 19.5 Å². The zero-order valence-electron chi connectivity index (χ0n) is 11.1. The van der Waals surface area contributed by atoms with Crippen molar-refractivity contribution in [3.05, 3.63) is 23.8 Å². The molecule has 0 saturated carbocycles. The van der Waals surface area contributed by atoms with Gasteiger partial charge in [0.25, 0.3) is 0 Å². The van der Waals surface area contributed by atoms with Crippen molar-refractivity contribution in [3.63, 3.8) is 0 Å². The lowest BCUT2D eigenvalue weighted by atomic mass is 10.0. The molecular weight excluding hydrogens is 230 g/mol. The summed E-state index contributed by atoms with van der Waals surface area (Å²) in [6.45, 7) is 5.10. The Morgan fingerprint density at radius 1 is 1.44 bits per heavy atom. The molecule has 0 fully saturated rings. The summed E-state index contributed by atoms with van der Waals surface area (Å²) in [5, 5.41) is 3.44. The molecule has 100 valence electrons. The van der Waals surface area contributed by atoms with Gasteiger partial charge in [-0.05, 0) is 37.1 Å². The van der Waals surface area contributed by atoms with Crippen molar-refractivity contribution >= 4 is 0 Å². The quantitative estimate of drug-likeness (QED) is 0.780. The predicted molar refractivity (Wildman–Crippen MR) is 70.5 cm³/mol. The molecule has 1 aliphatic rings. The van der Waals surface area contributed by atoms with Crippen molar-refractivity contribution in [1.82, 2.24) is 5.32 Å². The number of hydrogen-bond donors (Lipinski definition) is 1. The van der Waals surface area contributed by atoms with Crippen molar-refractivity contribution < 1.29 is 14.2 Å². The van der Waals surface area contributed by atoms with Crippen LogP contribution in [0.3, 0.4) is 0 Å². The maximum absolute atomic E-state index is 5.73. The van der Waals surface area contributed by atoms with Gasteiger partial charge in [0.1, 0.15) is 18.1 Å². The molecule has 0 aromatic heterocycles. The van der Waals surface area contributed by atoms with Crippen molar-refractivity contribution in [3.8, 4) is 11.5 Å². The maximum atomic E-state index is 5.73. The van der Waals surface area contributed by atoms with Crippen molar-refractivity contribution in [2.75, 3.05) is 33.5 Å². The summed E-state index contributed by atoms with van der Waals surface area (Å²) < 4.78 is 16.3. The van der Waals surface area contributed by atoms with E-state index in [-0.39, 0.29) is 0 Å². The minimum absolute atomic E-state index is 0.352. The third kappa shape index (κ3) is 3.37. The number of nitrogens with one attached hydrogen (secondary N) is 1. The smallest absolute Gasteiger partial charge is 0.122 e. The second-order valence-corrected chi connectivity index (χ2v) is 4.34. The molecule has 1 aliphatic heterocycles. The molecule has 0 radical (unpaired) electrons. The van der Waals surface area contributed by atoms with E-state index in [1.807, 2.05) is 25.1 Å². The normalized spacial score (nSPS) is 18.0. The van der Waals surface area contributed by atoms with Crippen LogP contribution < -0.4 is 14.8 Å². The summed E-state index contributed by atoms with van der Waals surface area (Å²) in [6.07, 6.45) is 0.971. The Kier molecular flexibility index (Phi) is 4.84. The summed E-state index contributed by atoms with van der Waals surface area (Å²) in [5.74, 6) is 1.85. The number of ether oxygens (including phenoxy) is 3. The van der Waals surface area contributed by atoms with E-state index in [1.165, 1.54) is 5.56 Å². The molecule has 0 spiro atoms. The van der Waals surface area contributed by atoms with Crippen molar-refractivity contribution in [2.45, 2.75) is 19.4 Å². The lowest BCUT2D eigenvalue weighted by Crippen LogP contribution is -2.40. The summed E-state index contributed by atoms with van der Waals surface area (Å²) >= 11 is 0. The van der Waals surface area contributed by atoms with Gasteiger partial charge in [0.15, 0.2) is 0 Å². The van der Waals surface area contributed by atoms with Crippen LogP contribution in [0.5, 0.6) is 11.5 Å². The Hall–Kier alpha value is -1.26. The van der Waals surface area contributed by atoms with Gasteiger partial charge in [0.2, 0.25) is 0 Å².